The van der Waals surface area contributed by atoms with Crippen LogP contribution in [0.3, 0.4) is 0 Å². The van der Waals surface area contributed by atoms with Crippen molar-refractivity contribution in [3.8, 4) is 0 Å². The highest BCUT2D eigenvalue weighted by Crippen LogP contribution is 2.13. The molecule has 0 aliphatic rings. The van der Waals surface area contributed by atoms with Crippen molar-refractivity contribution in [1.82, 2.24) is 4.90 Å². The fraction of sp³-hybridized carbons (Fsp3) is 1.00. The van der Waals surface area contributed by atoms with Crippen molar-refractivity contribution in [1.29, 1.82) is 0 Å². The molecular weight excluding hydrogens is 230 g/mol. The molecule has 0 aromatic rings. The maximum Gasteiger partial charge on any atom is 0.00355 e. The molecule has 1 heteroatoms. The van der Waals surface area contributed by atoms with Crippen LogP contribution in [0.15, 0.2) is 0 Å². The molecule has 0 aromatic carbocycles. The number of unbranched alkanes of at least 4 members (excludes halogenated alkanes) is 8. The van der Waals surface area contributed by atoms with Gasteiger partial charge in [-0.1, -0.05) is 71.6 Å². The van der Waals surface area contributed by atoms with E-state index in [-0.39, 0.29) is 0 Å². The summed E-state index contributed by atoms with van der Waals surface area (Å²) in [5, 5.41) is 0. The molecule has 0 aromatic heterocycles. The van der Waals surface area contributed by atoms with E-state index in [1.54, 1.807) is 0 Å². The van der Waals surface area contributed by atoms with Crippen LogP contribution in [0.25, 0.3) is 0 Å². The topological polar surface area (TPSA) is 3.24 Å². The van der Waals surface area contributed by atoms with Gasteiger partial charge in [0.15, 0.2) is 0 Å². The monoisotopic (exact) mass is 269 g/mol. The third kappa shape index (κ3) is 14.2. The molecule has 0 saturated heterocycles. The predicted octanol–water partition coefficient (Wildman–Crippen LogP) is 5.88. The van der Waals surface area contributed by atoms with Gasteiger partial charge in [0, 0.05) is 6.04 Å². The molecule has 0 bridgehead atoms. The van der Waals surface area contributed by atoms with Crippen LogP contribution in [-0.4, -0.2) is 24.5 Å². The second-order valence-electron chi connectivity index (χ2n) is 6.94. The van der Waals surface area contributed by atoms with E-state index in [2.05, 4.69) is 39.6 Å². The molecule has 0 aliphatic heterocycles. The summed E-state index contributed by atoms with van der Waals surface area (Å²) in [5.74, 6) is 0.893. The largest absolute Gasteiger partial charge is 0.304 e. The lowest BCUT2D eigenvalue weighted by molar-refractivity contribution is 0.267. The first-order valence-electron chi connectivity index (χ1n) is 8.74. The maximum atomic E-state index is 2.45. The summed E-state index contributed by atoms with van der Waals surface area (Å²) < 4.78 is 0. The zero-order valence-electron chi connectivity index (χ0n) is 14.4. The van der Waals surface area contributed by atoms with E-state index in [4.69, 9.17) is 0 Å². The molecule has 0 fully saturated rings. The van der Waals surface area contributed by atoms with Crippen LogP contribution in [-0.2, 0) is 0 Å². The minimum atomic E-state index is 0.700. The highest BCUT2D eigenvalue weighted by molar-refractivity contribution is 4.57. The summed E-state index contributed by atoms with van der Waals surface area (Å²) in [7, 11) is 2.24. The molecule has 0 heterocycles. The first-order valence-corrected chi connectivity index (χ1v) is 8.74. The molecule has 0 saturated carbocycles. The van der Waals surface area contributed by atoms with Gasteiger partial charge in [-0.25, -0.2) is 0 Å². The average molecular weight is 270 g/mol. The highest BCUT2D eigenvalue weighted by atomic mass is 15.1. The van der Waals surface area contributed by atoms with Gasteiger partial charge in [0.05, 0.1) is 0 Å². The van der Waals surface area contributed by atoms with E-state index in [0.29, 0.717) is 6.04 Å². The van der Waals surface area contributed by atoms with Crippen LogP contribution in [0.4, 0.5) is 0 Å². The van der Waals surface area contributed by atoms with Gasteiger partial charge in [0.1, 0.15) is 0 Å². The van der Waals surface area contributed by atoms with Gasteiger partial charge in [-0.2, -0.15) is 0 Å². The van der Waals surface area contributed by atoms with Gasteiger partial charge in [0.25, 0.3) is 0 Å². The van der Waals surface area contributed by atoms with Crippen LogP contribution in [0, 0.1) is 5.92 Å². The average Bonchev–Trinajstić information content (AvgIpc) is 2.35. The molecule has 0 N–H and O–H groups in total. The molecule has 0 rings (SSSR count). The third-order valence-corrected chi connectivity index (χ3v) is 4.17. The van der Waals surface area contributed by atoms with E-state index in [9.17, 15) is 0 Å². The summed E-state index contributed by atoms with van der Waals surface area (Å²) in [4.78, 5) is 2.45. The van der Waals surface area contributed by atoms with Crippen LogP contribution in [0.1, 0.15) is 91.9 Å². The zero-order chi connectivity index (χ0) is 14.5. The molecule has 19 heavy (non-hydrogen) atoms. The maximum absolute atomic E-state index is 2.45. The van der Waals surface area contributed by atoms with Crippen LogP contribution < -0.4 is 0 Å². The standard InChI is InChI=1S/C18H39N/c1-17(2)15-13-11-9-7-6-8-10-12-14-16-19(5)18(3)4/h17-18H,6-16H2,1-5H3. The number of hydrogen-bond acceptors (Lipinski definition) is 1. The SMILES string of the molecule is CC(C)CCCCCCCCCCCN(C)C(C)C. The first-order chi connectivity index (χ1) is 9.04. The van der Waals surface area contributed by atoms with Gasteiger partial charge >= 0.3 is 0 Å². The second kappa shape index (κ2) is 13.0. The zero-order valence-corrected chi connectivity index (χ0v) is 14.4. The van der Waals surface area contributed by atoms with Crippen molar-refractivity contribution in [3.05, 3.63) is 0 Å². The Kier molecular flexibility index (Phi) is 12.9. The third-order valence-electron chi connectivity index (χ3n) is 4.17. The lowest BCUT2D eigenvalue weighted by Crippen LogP contribution is -2.27. The molecule has 0 aliphatic carbocycles. The van der Waals surface area contributed by atoms with Crippen molar-refractivity contribution in [2.24, 2.45) is 5.92 Å². The van der Waals surface area contributed by atoms with Gasteiger partial charge < -0.3 is 4.90 Å². The number of rotatable bonds is 13. The van der Waals surface area contributed by atoms with Crippen molar-refractivity contribution in [2.75, 3.05) is 13.6 Å². The van der Waals surface area contributed by atoms with Crippen molar-refractivity contribution in [2.45, 2.75) is 97.9 Å². The Morgan fingerprint density at radius 3 is 1.47 bits per heavy atom. The van der Waals surface area contributed by atoms with Crippen LogP contribution in [0.5, 0.6) is 0 Å². The Balaban J connectivity index is 3.07. The molecule has 0 unspecified atom stereocenters. The van der Waals surface area contributed by atoms with Gasteiger partial charge in [-0.05, 0) is 39.8 Å². The smallest absolute Gasteiger partial charge is 0.00355 e. The van der Waals surface area contributed by atoms with E-state index >= 15 is 0 Å². The Labute approximate surface area is 123 Å². The van der Waals surface area contributed by atoms with Gasteiger partial charge in [-0.3, -0.25) is 0 Å². The minimum absolute atomic E-state index is 0.700. The lowest BCUT2D eigenvalue weighted by atomic mass is 10.0. The van der Waals surface area contributed by atoms with E-state index in [0.717, 1.165) is 5.92 Å². The molecule has 1 nitrogen and oxygen atoms in total. The lowest BCUT2D eigenvalue weighted by Gasteiger charge is -2.20. The van der Waals surface area contributed by atoms with E-state index < -0.39 is 0 Å². The summed E-state index contributed by atoms with van der Waals surface area (Å²) in [6, 6.07) is 0.700. The quantitative estimate of drug-likeness (QED) is 0.377. The van der Waals surface area contributed by atoms with Crippen LogP contribution in [0.2, 0.25) is 0 Å². The Morgan fingerprint density at radius 1 is 0.632 bits per heavy atom. The first kappa shape index (κ1) is 19.0. The molecule has 0 atom stereocenters. The van der Waals surface area contributed by atoms with Crippen LogP contribution >= 0.6 is 0 Å². The fourth-order valence-corrected chi connectivity index (χ4v) is 2.41. The number of hydrogen-bond donors (Lipinski definition) is 0. The summed E-state index contributed by atoms with van der Waals surface area (Å²) >= 11 is 0. The molecule has 0 amide bonds. The Bertz CT molecular complexity index is 175. The second-order valence-corrected chi connectivity index (χ2v) is 6.94. The molecule has 0 radical (unpaired) electrons. The summed E-state index contributed by atoms with van der Waals surface area (Å²) in [6.45, 7) is 10.5. The Hall–Kier alpha value is -0.0400. The molecule has 116 valence electrons. The van der Waals surface area contributed by atoms with E-state index in [1.165, 1.54) is 70.8 Å². The highest BCUT2D eigenvalue weighted by Gasteiger charge is 2.01. The number of nitrogens with zero attached hydrogens (tertiary/aromatic N) is 1. The van der Waals surface area contributed by atoms with Crippen molar-refractivity contribution >= 4 is 0 Å². The van der Waals surface area contributed by atoms with Crippen molar-refractivity contribution in [3.63, 3.8) is 0 Å². The normalized spacial score (nSPS) is 12.0. The minimum Gasteiger partial charge on any atom is -0.304 e. The molecule has 0 spiro atoms. The van der Waals surface area contributed by atoms with Gasteiger partial charge in [-0.15, -0.1) is 0 Å². The summed E-state index contributed by atoms with van der Waals surface area (Å²) in [6.07, 6.45) is 14.4. The van der Waals surface area contributed by atoms with E-state index in [1.807, 2.05) is 0 Å². The van der Waals surface area contributed by atoms with Gasteiger partial charge in [0.2, 0.25) is 0 Å². The fourth-order valence-electron chi connectivity index (χ4n) is 2.41. The molecular formula is C18H39N. The Morgan fingerprint density at radius 2 is 1.05 bits per heavy atom. The summed E-state index contributed by atoms with van der Waals surface area (Å²) in [5.41, 5.74) is 0. The van der Waals surface area contributed by atoms with Crippen molar-refractivity contribution < 1.29 is 0 Å². The predicted molar refractivity (Wildman–Crippen MR) is 88.8 cm³/mol.